The molecule has 28 heavy (non-hydrogen) atoms. The second kappa shape index (κ2) is 8.59. The van der Waals surface area contributed by atoms with Gasteiger partial charge in [-0.3, -0.25) is 4.79 Å². The van der Waals surface area contributed by atoms with Crippen molar-refractivity contribution in [2.24, 2.45) is 5.92 Å². The van der Waals surface area contributed by atoms with Gasteiger partial charge in [0.25, 0.3) is 0 Å². The number of carbonyl (C=O) groups excluding carboxylic acids is 1. The van der Waals surface area contributed by atoms with Gasteiger partial charge in [-0.25, -0.2) is 4.98 Å². The van der Waals surface area contributed by atoms with Crippen molar-refractivity contribution in [1.29, 1.82) is 0 Å². The zero-order valence-electron chi connectivity index (χ0n) is 16.6. The number of piperidine rings is 1. The molecule has 2 saturated heterocycles. The summed E-state index contributed by atoms with van der Waals surface area (Å²) in [4.78, 5) is 27.4. The standard InChI is InChI=1S/C22H29N5O/c1-18(28)25-13-15-26(16-14-25)21-7-10-23-22(24-21)27-11-8-20(9-12-27)17-19-5-3-2-4-6-19/h2-7,10,20H,8-9,11-17H2,1H3. The van der Waals surface area contributed by atoms with Crippen LogP contribution in [0.1, 0.15) is 25.3 Å². The molecule has 2 aliphatic heterocycles. The lowest BCUT2D eigenvalue weighted by Crippen LogP contribution is -2.48. The van der Waals surface area contributed by atoms with Crippen molar-refractivity contribution in [3.63, 3.8) is 0 Å². The number of nitrogens with zero attached hydrogens (tertiary/aromatic N) is 5. The summed E-state index contributed by atoms with van der Waals surface area (Å²) in [6.07, 6.45) is 5.39. The number of anilines is 2. The van der Waals surface area contributed by atoms with Crippen molar-refractivity contribution in [1.82, 2.24) is 14.9 Å². The van der Waals surface area contributed by atoms with Gasteiger partial charge in [0.2, 0.25) is 11.9 Å². The summed E-state index contributed by atoms with van der Waals surface area (Å²) in [5.74, 6) is 2.70. The van der Waals surface area contributed by atoms with Gasteiger partial charge >= 0.3 is 0 Å². The molecular weight excluding hydrogens is 350 g/mol. The average Bonchev–Trinajstić information content (AvgIpc) is 2.75. The number of hydrogen-bond donors (Lipinski definition) is 0. The first-order valence-electron chi connectivity index (χ1n) is 10.3. The summed E-state index contributed by atoms with van der Waals surface area (Å²) >= 11 is 0. The van der Waals surface area contributed by atoms with Gasteiger partial charge in [-0.05, 0) is 36.8 Å². The first-order chi connectivity index (χ1) is 13.7. The van der Waals surface area contributed by atoms with Crippen molar-refractivity contribution < 1.29 is 4.79 Å². The molecule has 148 valence electrons. The van der Waals surface area contributed by atoms with E-state index >= 15 is 0 Å². The second-order valence-corrected chi connectivity index (χ2v) is 7.83. The number of rotatable bonds is 4. The van der Waals surface area contributed by atoms with Crippen LogP contribution in [0.5, 0.6) is 0 Å². The number of carbonyl (C=O) groups is 1. The first kappa shape index (κ1) is 18.7. The quantitative estimate of drug-likeness (QED) is 0.817. The van der Waals surface area contributed by atoms with Gasteiger partial charge in [-0.1, -0.05) is 30.3 Å². The first-order valence-corrected chi connectivity index (χ1v) is 10.3. The van der Waals surface area contributed by atoms with E-state index in [1.165, 1.54) is 18.4 Å². The Hall–Kier alpha value is -2.63. The molecular formula is C22H29N5O. The second-order valence-electron chi connectivity index (χ2n) is 7.83. The Bertz CT molecular complexity index is 781. The molecule has 6 nitrogen and oxygen atoms in total. The van der Waals surface area contributed by atoms with Gasteiger partial charge in [-0.15, -0.1) is 0 Å². The van der Waals surface area contributed by atoms with Crippen LogP contribution < -0.4 is 9.80 Å². The third-order valence-corrected chi connectivity index (χ3v) is 5.94. The van der Waals surface area contributed by atoms with E-state index in [1.54, 1.807) is 6.92 Å². The molecule has 0 atom stereocenters. The summed E-state index contributed by atoms with van der Waals surface area (Å²) < 4.78 is 0. The molecule has 0 bridgehead atoms. The Labute approximate surface area is 167 Å². The van der Waals surface area contributed by atoms with Crippen molar-refractivity contribution in [2.45, 2.75) is 26.2 Å². The lowest BCUT2D eigenvalue weighted by atomic mass is 9.90. The van der Waals surface area contributed by atoms with Crippen molar-refractivity contribution in [3.05, 3.63) is 48.2 Å². The molecule has 2 aromatic rings. The van der Waals surface area contributed by atoms with Crippen LogP contribution in [0.15, 0.2) is 42.6 Å². The third kappa shape index (κ3) is 4.43. The summed E-state index contributed by atoms with van der Waals surface area (Å²) in [6, 6.07) is 12.8. The number of hydrogen-bond acceptors (Lipinski definition) is 5. The van der Waals surface area contributed by atoms with Crippen LogP contribution in [0.25, 0.3) is 0 Å². The van der Waals surface area contributed by atoms with Crippen LogP contribution in [0.3, 0.4) is 0 Å². The molecule has 1 amide bonds. The van der Waals surface area contributed by atoms with Crippen molar-refractivity contribution in [3.8, 4) is 0 Å². The Morgan fingerprint density at radius 3 is 2.36 bits per heavy atom. The highest BCUT2D eigenvalue weighted by molar-refractivity contribution is 5.73. The van der Waals surface area contributed by atoms with E-state index in [1.807, 2.05) is 17.2 Å². The molecule has 0 unspecified atom stereocenters. The van der Waals surface area contributed by atoms with Crippen LogP contribution in [0.2, 0.25) is 0 Å². The molecule has 6 heteroatoms. The van der Waals surface area contributed by atoms with E-state index in [9.17, 15) is 4.79 Å². The zero-order chi connectivity index (χ0) is 19.3. The lowest BCUT2D eigenvalue weighted by Gasteiger charge is -2.36. The molecule has 4 rings (SSSR count). The van der Waals surface area contributed by atoms with Crippen molar-refractivity contribution in [2.75, 3.05) is 49.1 Å². The normalized spacial score (nSPS) is 18.4. The van der Waals surface area contributed by atoms with Gasteiger partial charge in [0.05, 0.1) is 0 Å². The molecule has 2 aliphatic rings. The number of amides is 1. The van der Waals surface area contributed by atoms with Crippen LogP contribution in [-0.2, 0) is 11.2 Å². The molecule has 0 radical (unpaired) electrons. The fraction of sp³-hybridized carbons (Fsp3) is 0.500. The van der Waals surface area contributed by atoms with Crippen LogP contribution in [0, 0.1) is 5.92 Å². The van der Waals surface area contributed by atoms with Crippen LogP contribution in [0.4, 0.5) is 11.8 Å². The fourth-order valence-electron chi connectivity index (χ4n) is 4.20. The zero-order valence-corrected chi connectivity index (χ0v) is 16.6. The molecule has 0 spiro atoms. The smallest absolute Gasteiger partial charge is 0.227 e. The van der Waals surface area contributed by atoms with Crippen LogP contribution in [-0.4, -0.2) is 60.0 Å². The molecule has 1 aromatic carbocycles. The van der Waals surface area contributed by atoms with Gasteiger partial charge in [0.15, 0.2) is 0 Å². The highest BCUT2D eigenvalue weighted by Gasteiger charge is 2.23. The lowest BCUT2D eigenvalue weighted by molar-refractivity contribution is -0.129. The third-order valence-electron chi connectivity index (χ3n) is 5.94. The topological polar surface area (TPSA) is 52.6 Å². The minimum absolute atomic E-state index is 0.154. The van der Waals surface area contributed by atoms with E-state index in [4.69, 9.17) is 4.98 Å². The van der Waals surface area contributed by atoms with Gasteiger partial charge in [-0.2, -0.15) is 4.98 Å². The van der Waals surface area contributed by atoms with E-state index in [0.29, 0.717) is 0 Å². The van der Waals surface area contributed by atoms with Crippen LogP contribution >= 0.6 is 0 Å². The fourth-order valence-corrected chi connectivity index (χ4v) is 4.20. The SMILES string of the molecule is CC(=O)N1CCN(c2ccnc(N3CCC(Cc4ccccc4)CC3)n2)CC1. The van der Waals surface area contributed by atoms with E-state index in [0.717, 1.165) is 63.4 Å². The minimum Gasteiger partial charge on any atom is -0.353 e. The van der Waals surface area contributed by atoms with Gasteiger partial charge in [0.1, 0.15) is 5.82 Å². The summed E-state index contributed by atoms with van der Waals surface area (Å²) in [7, 11) is 0. The number of piperazine rings is 1. The Morgan fingerprint density at radius 1 is 0.964 bits per heavy atom. The average molecular weight is 380 g/mol. The van der Waals surface area contributed by atoms with Gasteiger partial charge in [0, 0.05) is 52.4 Å². The maximum absolute atomic E-state index is 11.5. The maximum Gasteiger partial charge on any atom is 0.227 e. The maximum atomic E-state index is 11.5. The summed E-state index contributed by atoms with van der Waals surface area (Å²) in [5.41, 5.74) is 1.43. The number of aromatic nitrogens is 2. The summed E-state index contributed by atoms with van der Waals surface area (Å²) in [6.45, 7) is 6.85. The molecule has 3 heterocycles. The predicted molar refractivity (Wildman–Crippen MR) is 112 cm³/mol. The van der Waals surface area contributed by atoms with E-state index in [2.05, 4.69) is 45.1 Å². The minimum atomic E-state index is 0.154. The highest BCUT2D eigenvalue weighted by Crippen LogP contribution is 2.25. The summed E-state index contributed by atoms with van der Waals surface area (Å²) in [5, 5.41) is 0. The molecule has 1 aromatic heterocycles. The Morgan fingerprint density at radius 2 is 1.68 bits per heavy atom. The Kier molecular flexibility index (Phi) is 5.74. The molecule has 2 fully saturated rings. The highest BCUT2D eigenvalue weighted by atomic mass is 16.2. The molecule has 0 aliphatic carbocycles. The monoisotopic (exact) mass is 379 g/mol. The molecule has 0 saturated carbocycles. The number of benzene rings is 1. The van der Waals surface area contributed by atoms with Crippen molar-refractivity contribution >= 4 is 17.7 Å². The predicted octanol–water partition coefficient (Wildman–Crippen LogP) is 2.60. The van der Waals surface area contributed by atoms with E-state index < -0.39 is 0 Å². The largest absolute Gasteiger partial charge is 0.353 e. The van der Waals surface area contributed by atoms with Gasteiger partial charge < -0.3 is 14.7 Å². The molecule has 0 N–H and O–H groups in total. The van der Waals surface area contributed by atoms with E-state index in [-0.39, 0.29) is 5.91 Å². The Balaban J connectivity index is 1.33.